The molecule has 1 atom stereocenters. The average molecular weight is 378 g/mol. The molecule has 1 aliphatic rings. The van der Waals surface area contributed by atoms with E-state index in [-0.39, 0.29) is 11.6 Å². The SMILES string of the molecule is CCC(C)(C)C(=O)C(=O)N1CCCC[C@H]1C(=O)CCCC#C[Si](C)(C)C. The first-order valence-corrected chi connectivity index (χ1v) is 13.4. The summed E-state index contributed by atoms with van der Waals surface area (Å²) in [6.07, 6.45) is 4.95. The van der Waals surface area contributed by atoms with Crippen molar-refractivity contribution in [3.63, 3.8) is 0 Å². The van der Waals surface area contributed by atoms with Crippen LogP contribution in [0.2, 0.25) is 19.6 Å². The quantitative estimate of drug-likeness (QED) is 0.292. The van der Waals surface area contributed by atoms with Crippen molar-refractivity contribution in [2.45, 2.75) is 91.4 Å². The molecule has 0 spiro atoms. The van der Waals surface area contributed by atoms with E-state index in [1.165, 1.54) is 0 Å². The number of rotatable bonds is 7. The van der Waals surface area contributed by atoms with Crippen LogP contribution >= 0.6 is 0 Å². The lowest BCUT2D eigenvalue weighted by Crippen LogP contribution is -2.52. The van der Waals surface area contributed by atoms with Crippen LogP contribution in [0.25, 0.3) is 0 Å². The van der Waals surface area contributed by atoms with Crippen LogP contribution in [0, 0.1) is 16.9 Å². The van der Waals surface area contributed by atoms with E-state index >= 15 is 0 Å². The summed E-state index contributed by atoms with van der Waals surface area (Å²) >= 11 is 0. The summed E-state index contributed by atoms with van der Waals surface area (Å²) < 4.78 is 0. The largest absolute Gasteiger partial charge is 0.326 e. The van der Waals surface area contributed by atoms with E-state index in [0.29, 0.717) is 25.8 Å². The van der Waals surface area contributed by atoms with Crippen molar-refractivity contribution in [3.05, 3.63) is 0 Å². The van der Waals surface area contributed by atoms with E-state index in [0.717, 1.165) is 25.7 Å². The molecule has 1 heterocycles. The lowest BCUT2D eigenvalue weighted by Gasteiger charge is -2.36. The van der Waals surface area contributed by atoms with E-state index in [9.17, 15) is 14.4 Å². The van der Waals surface area contributed by atoms with Crippen molar-refractivity contribution in [3.8, 4) is 11.5 Å². The molecule has 0 unspecified atom stereocenters. The fraction of sp³-hybridized carbons (Fsp3) is 0.762. The summed E-state index contributed by atoms with van der Waals surface area (Å²) in [6.45, 7) is 12.6. The van der Waals surface area contributed by atoms with E-state index < -0.39 is 25.4 Å². The van der Waals surface area contributed by atoms with Crippen LogP contribution in [-0.2, 0) is 14.4 Å². The van der Waals surface area contributed by atoms with Gasteiger partial charge in [-0.2, -0.15) is 0 Å². The molecule has 0 saturated carbocycles. The van der Waals surface area contributed by atoms with Crippen LogP contribution in [0.15, 0.2) is 0 Å². The van der Waals surface area contributed by atoms with Crippen LogP contribution < -0.4 is 0 Å². The molecule has 1 rings (SSSR count). The van der Waals surface area contributed by atoms with Crippen molar-refractivity contribution >= 4 is 25.5 Å². The third-order valence-electron chi connectivity index (χ3n) is 5.02. The molecule has 0 aromatic rings. The fourth-order valence-corrected chi connectivity index (χ4v) is 3.59. The molecule has 0 bridgehead atoms. The zero-order valence-electron chi connectivity index (χ0n) is 17.4. The highest BCUT2D eigenvalue weighted by atomic mass is 28.3. The molecule has 1 fully saturated rings. The molecule has 0 aromatic heterocycles. The molecule has 0 N–H and O–H groups in total. The van der Waals surface area contributed by atoms with Gasteiger partial charge < -0.3 is 4.90 Å². The topological polar surface area (TPSA) is 54.5 Å². The van der Waals surface area contributed by atoms with Crippen LogP contribution in [0.4, 0.5) is 0 Å². The first-order valence-electron chi connectivity index (χ1n) is 9.88. The molecule has 1 aliphatic heterocycles. The van der Waals surface area contributed by atoms with Gasteiger partial charge in [-0.1, -0.05) is 40.4 Å². The van der Waals surface area contributed by atoms with E-state index in [1.807, 2.05) is 6.92 Å². The van der Waals surface area contributed by atoms with Crippen LogP contribution in [0.1, 0.15) is 65.7 Å². The maximum atomic E-state index is 12.7. The van der Waals surface area contributed by atoms with Crippen LogP contribution in [0.3, 0.4) is 0 Å². The summed E-state index contributed by atoms with van der Waals surface area (Å²) in [5.74, 6) is 2.41. The predicted octanol–water partition coefficient (Wildman–Crippen LogP) is 3.99. The number of unbranched alkanes of at least 4 members (excludes halogenated alkanes) is 1. The van der Waals surface area contributed by atoms with Gasteiger partial charge in [-0.15, -0.1) is 11.5 Å². The molecule has 1 amide bonds. The minimum Gasteiger partial charge on any atom is -0.326 e. The predicted molar refractivity (Wildman–Crippen MR) is 108 cm³/mol. The van der Waals surface area contributed by atoms with Gasteiger partial charge in [-0.05, 0) is 32.1 Å². The minimum atomic E-state index is -1.36. The number of carbonyl (C=O) groups is 3. The molecular weight excluding hydrogens is 342 g/mol. The smallest absolute Gasteiger partial charge is 0.291 e. The third kappa shape index (κ3) is 6.72. The van der Waals surface area contributed by atoms with Crippen molar-refractivity contribution in [1.82, 2.24) is 4.90 Å². The van der Waals surface area contributed by atoms with Crippen LogP contribution in [-0.4, -0.2) is 43.0 Å². The third-order valence-corrected chi connectivity index (χ3v) is 5.94. The number of amides is 1. The van der Waals surface area contributed by atoms with Crippen molar-refractivity contribution in [2.75, 3.05) is 6.54 Å². The molecule has 146 valence electrons. The Kier molecular flexibility index (Phi) is 8.27. The van der Waals surface area contributed by atoms with E-state index in [1.54, 1.807) is 18.7 Å². The molecule has 0 aliphatic carbocycles. The second kappa shape index (κ2) is 9.50. The lowest BCUT2D eigenvalue weighted by atomic mass is 9.83. The highest BCUT2D eigenvalue weighted by molar-refractivity contribution is 6.83. The maximum absolute atomic E-state index is 12.7. The Hall–Kier alpha value is -1.41. The van der Waals surface area contributed by atoms with E-state index in [4.69, 9.17) is 0 Å². The van der Waals surface area contributed by atoms with Gasteiger partial charge in [0.1, 0.15) is 8.07 Å². The highest BCUT2D eigenvalue weighted by Gasteiger charge is 2.39. The van der Waals surface area contributed by atoms with Gasteiger partial charge in [0.05, 0.1) is 6.04 Å². The molecular formula is C21H35NO3Si. The monoisotopic (exact) mass is 377 g/mol. The second-order valence-corrected chi connectivity index (χ2v) is 13.7. The number of ketones is 2. The Morgan fingerprint density at radius 2 is 1.81 bits per heavy atom. The summed E-state index contributed by atoms with van der Waals surface area (Å²) in [5, 5.41) is 0. The Morgan fingerprint density at radius 1 is 1.15 bits per heavy atom. The molecule has 0 radical (unpaired) electrons. The summed E-state index contributed by atoms with van der Waals surface area (Å²) in [6, 6.07) is -0.433. The fourth-order valence-electron chi connectivity index (χ4n) is 2.94. The van der Waals surface area contributed by atoms with E-state index in [2.05, 4.69) is 31.1 Å². The molecule has 4 nitrogen and oxygen atoms in total. The number of hydrogen-bond acceptors (Lipinski definition) is 3. The molecule has 0 aromatic carbocycles. The Bertz CT molecular complexity index is 593. The number of carbonyl (C=O) groups excluding carboxylic acids is 3. The van der Waals surface area contributed by atoms with Gasteiger partial charge >= 0.3 is 0 Å². The van der Waals surface area contributed by atoms with Gasteiger partial charge in [-0.25, -0.2) is 0 Å². The molecule has 1 saturated heterocycles. The second-order valence-electron chi connectivity index (χ2n) is 8.95. The van der Waals surface area contributed by atoms with Gasteiger partial charge in [0.15, 0.2) is 5.78 Å². The number of hydrogen-bond donors (Lipinski definition) is 0. The maximum Gasteiger partial charge on any atom is 0.291 e. The van der Waals surface area contributed by atoms with Crippen molar-refractivity contribution < 1.29 is 14.4 Å². The van der Waals surface area contributed by atoms with Gasteiger partial charge in [0.25, 0.3) is 5.91 Å². The highest BCUT2D eigenvalue weighted by Crippen LogP contribution is 2.26. The summed E-state index contributed by atoms with van der Waals surface area (Å²) in [5.41, 5.74) is 2.64. The minimum absolute atomic E-state index is 0.0787. The number of nitrogens with zero attached hydrogens (tertiary/aromatic N) is 1. The Labute approximate surface area is 160 Å². The standard InChI is InChI=1S/C21H35NO3Si/c1-7-21(2,3)19(24)20(25)22-15-11-10-13-17(22)18(23)14-9-8-12-16-26(4,5)6/h17H,7-11,13-15H2,1-6H3/t17-/m0/s1. The zero-order chi connectivity index (χ0) is 20.0. The van der Waals surface area contributed by atoms with Crippen molar-refractivity contribution in [2.24, 2.45) is 5.41 Å². The average Bonchev–Trinajstić information content (AvgIpc) is 2.58. The number of piperidine rings is 1. The van der Waals surface area contributed by atoms with Crippen LogP contribution in [0.5, 0.6) is 0 Å². The number of Topliss-reactive ketones (excluding diaryl/α,β-unsaturated/α-hetero) is 2. The molecule has 5 heteroatoms. The first kappa shape index (κ1) is 22.6. The lowest BCUT2D eigenvalue weighted by molar-refractivity contribution is -0.153. The Balaban J connectivity index is 2.70. The normalized spacial score (nSPS) is 18.1. The first-order chi connectivity index (χ1) is 12.0. The number of likely N-dealkylation sites (tertiary alicyclic amines) is 1. The summed E-state index contributed by atoms with van der Waals surface area (Å²) in [7, 11) is -1.36. The van der Waals surface area contributed by atoms with Gasteiger partial charge in [0, 0.05) is 24.8 Å². The van der Waals surface area contributed by atoms with Gasteiger partial charge in [0.2, 0.25) is 5.78 Å². The Morgan fingerprint density at radius 3 is 2.38 bits per heavy atom. The summed E-state index contributed by atoms with van der Waals surface area (Å²) in [4.78, 5) is 39.5. The van der Waals surface area contributed by atoms with Crippen molar-refractivity contribution in [1.29, 1.82) is 0 Å². The zero-order valence-corrected chi connectivity index (χ0v) is 18.4. The molecule has 26 heavy (non-hydrogen) atoms. The van der Waals surface area contributed by atoms with Gasteiger partial charge in [-0.3, -0.25) is 14.4 Å².